The molecule has 0 spiro atoms. The third kappa shape index (κ3) is 3.99. The van der Waals surface area contributed by atoms with E-state index in [-0.39, 0.29) is 23.8 Å². The molecule has 1 amide bonds. The van der Waals surface area contributed by atoms with Crippen molar-refractivity contribution in [3.05, 3.63) is 57.5 Å². The quantitative estimate of drug-likeness (QED) is 0.860. The molecular weight excluding hydrogens is 332 g/mol. The number of carbonyl (C=O) groups excluding carboxylic acids is 1. The number of hydrogen-bond acceptors (Lipinski definition) is 5. The van der Waals surface area contributed by atoms with Gasteiger partial charge in [0.15, 0.2) is 0 Å². The highest BCUT2D eigenvalue weighted by Gasteiger charge is 2.29. The molecule has 1 atom stereocenters. The van der Waals surface area contributed by atoms with Crippen molar-refractivity contribution in [1.29, 1.82) is 0 Å². The van der Waals surface area contributed by atoms with E-state index in [0.29, 0.717) is 48.7 Å². The van der Waals surface area contributed by atoms with Crippen LogP contribution in [0.4, 0.5) is 0 Å². The number of H-pyrrole nitrogens is 1. The van der Waals surface area contributed by atoms with Crippen molar-refractivity contribution in [2.45, 2.75) is 39.2 Å². The Morgan fingerprint density at radius 3 is 2.69 bits per heavy atom. The van der Waals surface area contributed by atoms with Crippen LogP contribution in [-0.2, 0) is 11.2 Å². The van der Waals surface area contributed by atoms with E-state index in [2.05, 4.69) is 15.0 Å². The van der Waals surface area contributed by atoms with Crippen molar-refractivity contribution < 1.29 is 9.90 Å². The number of aromatic amines is 1. The third-order valence-corrected chi connectivity index (χ3v) is 5.00. The summed E-state index contributed by atoms with van der Waals surface area (Å²) in [5.41, 5.74) is 1.45. The lowest BCUT2D eigenvalue weighted by molar-refractivity contribution is -0.132. The number of piperidine rings is 1. The number of rotatable bonds is 4. The molecule has 7 heteroatoms. The average molecular weight is 356 g/mol. The van der Waals surface area contributed by atoms with E-state index < -0.39 is 6.10 Å². The smallest absolute Gasteiger partial charge is 0.254 e. The Morgan fingerprint density at radius 1 is 1.35 bits per heavy atom. The molecule has 0 aromatic carbocycles. The predicted octanol–water partition coefficient (Wildman–Crippen LogP) is 1.30. The second kappa shape index (κ2) is 7.78. The van der Waals surface area contributed by atoms with Gasteiger partial charge in [-0.3, -0.25) is 14.6 Å². The SMILES string of the molecule is Cc1nc(C)c(CC(=O)N2CCC(C(O)c3ccccn3)CC2)c(=O)[nH]1. The number of hydrogen-bond donors (Lipinski definition) is 2. The number of aliphatic hydroxyl groups excluding tert-OH is 1. The second-order valence-electron chi connectivity index (χ2n) is 6.81. The summed E-state index contributed by atoms with van der Waals surface area (Å²) < 4.78 is 0. The standard InChI is InChI=1S/C19H24N4O3/c1-12-15(19(26)22-13(2)21-12)11-17(24)23-9-6-14(7-10-23)18(25)16-5-3-4-8-20-16/h3-5,8,14,18,25H,6-7,9-11H2,1-2H3,(H,21,22,26). The fourth-order valence-electron chi connectivity index (χ4n) is 3.48. The lowest BCUT2D eigenvalue weighted by atomic mass is 9.89. The van der Waals surface area contributed by atoms with Crippen molar-refractivity contribution in [1.82, 2.24) is 19.9 Å². The first-order valence-electron chi connectivity index (χ1n) is 8.89. The number of aromatic nitrogens is 3. The molecule has 1 unspecified atom stereocenters. The molecular formula is C19H24N4O3. The summed E-state index contributed by atoms with van der Waals surface area (Å²) in [6.07, 6.45) is 2.55. The Labute approximate surface area is 152 Å². The average Bonchev–Trinajstić information content (AvgIpc) is 2.64. The van der Waals surface area contributed by atoms with Gasteiger partial charge in [-0.05, 0) is 44.7 Å². The summed E-state index contributed by atoms with van der Waals surface area (Å²) in [4.78, 5) is 37.5. The molecule has 2 aromatic rings. The number of likely N-dealkylation sites (tertiary alicyclic amines) is 1. The van der Waals surface area contributed by atoms with E-state index in [0.717, 1.165) is 0 Å². The number of aliphatic hydroxyl groups is 1. The number of nitrogens with zero attached hydrogens (tertiary/aromatic N) is 3. The minimum absolute atomic E-state index is 0.0574. The summed E-state index contributed by atoms with van der Waals surface area (Å²) >= 11 is 0. The topological polar surface area (TPSA) is 99.2 Å². The van der Waals surface area contributed by atoms with Crippen LogP contribution >= 0.6 is 0 Å². The maximum atomic E-state index is 12.6. The van der Waals surface area contributed by atoms with Gasteiger partial charge >= 0.3 is 0 Å². The number of nitrogens with one attached hydrogen (secondary N) is 1. The Kier molecular flexibility index (Phi) is 5.46. The molecule has 7 nitrogen and oxygen atoms in total. The summed E-state index contributed by atoms with van der Waals surface area (Å²) in [7, 11) is 0. The van der Waals surface area contributed by atoms with E-state index >= 15 is 0 Å². The van der Waals surface area contributed by atoms with Gasteiger partial charge in [-0.25, -0.2) is 4.98 Å². The molecule has 3 rings (SSSR count). The van der Waals surface area contributed by atoms with Gasteiger partial charge in [0.1, 0.15) is 5.82 Å². The van der Waals surface area contributed by atoms with Gasteiger partial charge in [0.05, 0.1) is 18.2 Å². The molecule has 2 N–H and O–H groups in total. The first-order chi connectivity index (χ1) is 12.5. The third-order valence-electron chi connectivity index (χ3n) is 5.00. The summed E-state index contributed by atoms with van der Waals surface area (Å²) in [5.74, 6) is 0.559. The molecule has 2 aromatic heterocycles. The first kappa shape index (κ1) is 18.3. The molecule has 1 fully saturated rings. The Morgan fingerprint density at radius 2 is 2.08 bits per heavy atom. The van der Waals surface area contributed by atoms with Crippen LogP contribution in [0.2, 0.25) is 0 Å². The summed E-state index contributed by atoms with van der Waals surface area (Å²) in [6.45, 7) is 4.62. The highest BCUT2D eigenvalue weighted by atomic mass is 16.3. The van der Waals surface area contributed by atoms with Crippen molar-refractivity contribution in [2.24, 2.45) is 5.92 Å². The van der Waals surface area contributed by atoms with Crippen molar-refractivity contribution in [3.8, 4) is 0 Å². The zero-order valence-electron chi connectivity index (χ0n) is 15.1. The molecule has 0 radical (unpaired) electrons. The number of aryl methyl sites for hydroxylation is 2. The van der Waals surface area contributed by atoms with E-state index in [9.17, 15) is 14.7 Å². The zero-order chi connectivity index (χ0) is 18.7. The normalized spacial score (nSPS) is 16.5. The minimum atomic E-state index is -0.611. The number of amides is 1. The number of pyridine rings is 1. The van der Waals surface area contributed by atoms with Gasteiger partial charge in [0.25, 0.3) is 5.56 Å². The Bertz CT molecular complexity index is 826. The van der Waals surface area contributed by atoms with Crippen molar-refractivity contribution >= 4 is 5.91 Å². The summed E-state index contributed by atoms with van der Waals surface area (Å²) in [5, 5.41) is 10.5. The van der Waals surface area contributed by atoms with Crippen molar-refractivity contribution in [2.75, 3.05) is 13.1 Å². The molecule has 0 aliphatic carbocycles. The van der Waals surface area contributed by atoms with Crippen LogP contribution < -0.4 is 5.56 Å². The van der Waals surface area contributed by atoms with Crippen LogP contribution in [0.5, 0.6) is 0 Å². The Balaban J connectivity index is 1.60. The minimum Gasteiger partial charge on any atom is -0.387 e. The summed E-state index contributed by atoms with van der Waals surface area (Å²) in [6, 6.07) is 5.50. The Hall–Kier alpha value is -2.54. The number of carbonyl (C=O) groups is 1. The molecule has 1 saturated heterocycles. The van der Waals surface area contributed by atoms with Gasteiger partial charge in [-0.15, -0.1) is 0 Å². The van der Waals surface area contributed by atoms with Crippen LogP contribution in [0.1, 0.15) is 41.7 Å². The van der Waals surface area contributed by atoms with E-state index in [1.807, 2.05) is 18.2 Å². The molecule has 0 saturated carbocycles. The molecule has 1 aliphatic heterocycles. The van der Waals surface area contributed by atoms with Gasteiger partial charge in [0, 0.05) is 30.5 Å². The van der Waals surface area contributed by atoms with Crippen molar-refractivity contribution in [3.63, 3.8) is 0 Å². The highest BCUT2D eigenvalue weighted by Crippen LogP contribution is 2.29. The van der Waals surface area contributed by atoms with Gasteiger partial charge in [-0.2, -0.15) is 0 Å². The fraction of sp³-hybridized carbons (Fsp3) is 0.474. The lowest BCUT2D eigenvalue weighted by Crippen LogP contribution is -2.41. The van der Waals surface area contributed by atoms with Crippen LogP contribution in [0.15, 0.2) is 29.2 Å². The zero-order valence-corrected chi connectivity index (χ0v) is 15.1. The second-order valence-corrected chi connectivity index (χ2v) is 6.81. The van der Waals surface area contributed by atoms with E-state index in [1.54, 1.807) is 24.9 Å². The lowest BCUT2D eigenvalue weighted by Gasteiger charge is -2.34. The maximum absolute atomic E-state index is 12.6. The monoisotopic (exact) mass is 356 g/mol. The fourth-order valence-corrected chi connectivity index (χ4v) is 3.48. The van der Waals surface area contributed by atoms with E-state index in [1.165, 1.54) is 0 Å². The predicted molar refractivity (Wildman–Crippen MR) is 96.5 cm³/mol. The molecule has 3 heterocycles. The maximum Gasteiger partial charge on any atom is 0.254 e. The van der Waals surface area contributed by atoms with Crippen LogP contribution in [0.25, 0.3) is 0 Å². The van der Waals surface area contributed by atoms with E-state index in [4.69, 9.17) is 0 Å². The first-order valence-corrected chi connectivity index (χ1v) is 8.89. The molecule has 0 bridgehead atoms. The molecule has 26 heavy (non-hydrogen) atoms. The molecule has 1 aliphatic rings. The molecule has 138 valence electrons. The largest absolute Gasteiger partial charge is 0.387 e. The highest BCUT2D eigenvalue weighted by molar-refractivity contribution is 5.79. The van der Waals surface area contributed by atoms with Crippen LogP contribution in [0, 0.1) is 19.8 Å². The van der Waals surface area contributed by atoms with Gasteiger partial charge < -0.3 is 15.0 Å². The van der Waals surface area contributed by atoms with Crippen LogP contribution in [0.3, 0.4) is 0 Å². The van der Waals surface area contributed by atoms with Crippen LogP contribution in [-0.4, -0.2) is 44.0 Å². The van der Waals surface area contributed by atoms with Gasteiger partial charge in [-0.1, -0.05) is 6.07 Å². The van der Waals surface area contributed by atoms with Gasteiger partial charge in [0.2, 0.25) is 5.91 Å².